The maximum Gasteiger partial charge on any atom is 0.0894 e. The van der Waals surface area contributed by atoms with Crippen LogP contribution in [0, 0.1) is 6.92 Å². The van der Waals surface area contributed by atoms with Gasteiger partial charge in [0.05, 0.1) is 17.1 Å². The molecule has 0 aliphatic rings. The molecule has 0 aliphatic carbocycles. The molecule has 0 aliphatic heterocycles. The van der Waals surface area contributed by atoms with Crippen LogP contribution < -0.4 is 0 Å². The Morgan fingerprint density at radius 2 is 0.677 bits per heavy atom. The number of aryl methyl sites for hydroxylation is 1. The number of benzene rings is 10. The van der Waals surface area contributed by atoms with Crippen LogP contribution in [0.1, 0.15) is 5.56 Å². The first kappa shape index (κ1) is 38.2. The van der Waals surface area contributed by atoms with E-state index in [0.717, 1.165) is 33.8 Å². The van der Waals surface area contributed by atoms with Crippen LogP contribution in [-0.2, 0) is 0 Å². The van der Waals surface area contributed by atoms with Crippen LogP contribution in [0.3, 0.4) is 0 Å². The molecule has 2 aromatic heterocycles. The highest BCUT2D eigenvalue weighted by atomic mass is 14.8. The number of hydrogen-bond acceptors (Lipinski definition) is 2. The van der Waals surface area contributed by atoms with Gasteiger partial charge in [0.15, 0.2) is 0 Å². The highest BCUT2D eigenvalue weighted by Crippen LogP contribution is 2.46. The van der Waals surface area contributed by atoms with Crippen molar-refractivity contribution < 1.29 is 0 Å². The van der Waals surface area contributed by atoms with Gasteiger partial charge in [0, 0.05) is 17.3 Å². The number of pyridine rings is 2. The quantitative estimate of drug-likeness (QED) is 0.150. The maximum atomic E-state index is 5.39. The molecule has 304 valence electrons. The molecule has 0 fully saturated rings. The minimum absolute atomic E-state index is 0.838. The van der Waals surface area contributed by atoms with Gasteiger partial charge < -0.3 is 0 Å². The Balaban J connectivity index is 0.998. The van der Waals surface area contributed by atoms with Crippen molar-refractivity contribution in [1.82, 2.24) is 9.97 Å². The molecule has 0 saturated heterocycles. The zero-order valence-electron chi connectivity index (χ0n) is 35.9. The largest absolute Gasteiger partial charge is 0.255 e. The Bertz CT molecular complexity index is 3670. The van der Waals surface area contributed by atoms with E-state index in [4.69, 9.17) is 9.97 Å². The van der Waals surface area contributed by atoms with E-state index in [0.29, 0.717) is 0 Å². The maximum absolute atomic E-state index is 5.39. The zero-order chi connectivity index (χ0) is 43.3. The van der Waals surface area contributed by atoms with Gasteiger partial charge in [-0.05, 0) is 124 Å². The summed E-state index contributed by atoms with van der Waals surface area (Å²) in [4.78, 5) is 10.1. The van der Waals surface area contributed by atoms with Crippen LogP contribution in [0.4, 0.5) is 0 Å². The molecule has 0 N–H and O–H groups in total. The van der Waals surface area contributed by atoms with Crippen molar-refractivity contribution in [3.05, 3.63) is 242 Å². The summed E-state index contributed by atoms with van der Waals surface area (Å²) in [7, 11) is 0. The monoisotopic (exact) mass is 826 g/mol. The molecule has 0 unspecified atom stereocenters. The predicted octanol–water partition coefficient (Wildman–Crippen LogP) is 17.1. The molecule has 0 spiro atoms. The van der Waals surface area contributed by atoms with E-state index in [1.165, 1.54) is 93.2 Å². The standard InChI is InChI=1S/C63H42N2/c1-41-27-36-55-56(40-41)62(54-25-13-12-24-53(54)60(55)44-18-6-3-7-19-44)46-30-28-42(29-31-46)48-37-38-58(57-26-14-15-39-64-57)65-63(48)47-34-32-45(33-35-47)61-51-22-10-8-20-49(51)59(43-16-4-2-5-17-43)50-21-9-11-23-52(50)61/h2-40H,1H3. The van der Waals surface area contributed by atoms with E-state index < -0.39 is 0 Å². The lowest BCUT2D eigenvalue weighted by Crippen LogP contribution is -1.95. The molecule has 12 aromatic rings. The molecular formula is C63H42N2. The van der Waals surface area contributed by atoms with E-state index >= 15 is 0 Å². The van der Waals surface area contributed by atoms with Gasteiger partial charge in [-0.15, -0.1) is 0 Å². The first-order valence-corrected chi connectivity index (χ1v) is 22.3. The second kappa shape index (κ2) is 16.0. The molecule has 0 atom stereocenters. The molecular weight excluding hydrogens is 785 g/mol. The lowest BCUT2D eigenvalue weighted by molar-refractivity contribution is 1.25. The molecule has 0 amide bonds. The second-order valence-corrected chi connectivity index (χ2v) is 16.9. The molecule has 65 heavy (non-hydrogen) atoms. The van der Waals surface area contributed by atoms with Crippen molar-refractivity contribution in [2.75, 3.05) is 0 Å². The van der Waals surface area contributed by atoms with Crippen molar-refractivity contribution in [3.8, 4) is 78.3 Å². The summed E-state index contributed by atoms with van der Waals surface area (Å²) in [5.41, 5.74) is 16.9. The average molecular weight is 827 g/mol. The fourth-order valence-electron chi connectivity index (χ4n) is 10.1. The highest BCUT2D eigenvalue weighted by Gasteiger charge is 2.20. The number of hydrogen-bond donors (Lipinski definition) is 0. The van der Waals surface area contributed by atoms with Gasteiger partial charge >= 0.3 is 0 Å². The van der Waals surface area contributed by atoms with Crippen molar-refractivity contribution >= 4 is 43.1 Å². The summed E-state index contributed by atoms with van der Waals surface area (Å²) in [6, 6.07) is 83.4. The third-order valence-electron chi connectivity index (χ3n) is 13.0. The van der Waals surface area contributed by atoms with Crippen molar-refractivity contribution in [3.63, 3.8) is 0 Å². The molecule has 2 heterocycles. The van der Waals surface area contributed by atoms with E-state index in [-0.39, 0.29) is 0 Å². The minimum Gasteiger partial charge on any atom is -0.255 e. The zero-order valence-corrected chi connectivity index (χ0v) is 35.9. The Morgan fingerprint density at radius 3 is 1.15 bits per heavy atom. The molecule has 2 nitrogen and oxygen atoms in total. The molecule has 12 rings (SSSR count). The Hall–Kier alpha value is -8.46. The fourth-order valence-corrected chi connectivity index (χ4v) is 10.1. The Kier molecular flexibility index (Phi) is 9.43. The minimum atomic E-state index is 0.838. The van der Waals surface area contributed by atoms with Gasteiger partial charge in [0.1, 0.15) is 0 Å². The normalized spacial score (nSPS) is 11.5. The molecule has 2 heteroatoms. The number of fused-ring (bicyclic) bond motifs is 4. The Labute approximate surface area is 378 Å². The van der Waals surface area contributed by atoms with E-state index in [1.807, 2.05) is 24.4 Å². The first-order valence-electron chi connectivity index (χ1n) is 22.3. The molecule has 0 saturated carbocycles. The van der Waals surface area contributed by atoms with Crippen molar-refractivity contribution in [1.29, 1.82) is 0 Å². The highest BCUT2D eigenvalue weighted by molar-refractivity contribution is 6.23. The van der Waals surface area contributed by atoms with Crippen LogP contribution in [0.25, 0.3) is 121 Å². The summed E-state index contributed by atoms with van der Waals surface area (Å²) in [6.45, 7) is 2.19. The summed E-state index contributed by atoms with van der Waals surface area (Å²) in [5, 5.41) is 9.97. The SMILES string of the molecule is Cc1ccc2c(-c3ccccc3)c3ccccc3c(-c3ccc(-c4ccc(-c5ccccn5)nc4-c4ccc(-c5c6ccccc6c(-c6ccccc6)c6ccccc56)cc4)cc3)c2c1. The summed E-state index contributed by atoms with van der Waals surface area (Å²) >= 11 is 0. The van der Waals surface area contributed by atoms with Crippen LogP contribution in [-0.4, -0.2) is 9.97 Å². The average Bonchev–Trinajstić information content (AvgIpc) is 3.38. The molecule has 0 bridgehead atoms. The lowest BCUT2D eigenvalue weighted by atomic mass is 9.85. The lowest BCUT2D eigenvalue weighted by Gasteiger charge is -2.19. The molecule has 0 radical (unpaired) electrons. The van der Waals surface area contributed by atoms with Gasteiger partial charge in [0.2, 0.25) is 0 Å². The third-order valence-corrected chi connectivity index (χ3v) is 13.0. The second-order valence-electron chi connectivity index (χ2n) is 16.9. The summed E-state index contributed by atoms with van der Waals surface area (Å²) in [5.74, 6) is 0. The van der Waals surface area contributed by atoms with Crippen molar-refractivity contribution in [2.24, 2.45) is 0 Å². The first-order chi connectivity index (χ1) is 32.2. The van der Waals surface area contributed by atoms with E-state index in [9.17, 15) is 0 Å². The van der Waals surface area contributed by atoms with Gasteiger partial charge in [-0.3, -0.25) is 4.98 Å². The van der Waals surface area contributed by atoms with Crippen LogP contribution in [0.2, 0.25) is 0 Å². The smallest absolute Gasteiger partial charge is 0.0894 e. The van der Waals surface area contributed by atoms with Gasteiger partial charge in [0.25, 0.3) is 0 Å². The number of aromatic nitrogens is 2. The summed E-state index contributed by atoms with van der Waals surface area (Å²) < 4.78 is 0. The predicted molar refractivity (Wildman–Crippen MR) is 275 cm³/mol. The van der Waals surface area contributed by atoms with E-state index in [1.54, 1.807) is 0 Å². The summed E-state index contributed by atoms with van der Waals surface area (Å²) in [6.07, 6.45) is 1.83. The fraction of sp³-hybridized carbons (Fsp3) is 0.0159. The van der Waals surface area contributed by atoms with Crippen LogP contribution in [0.15, 0.2) is 237 Å². The van der Waals surface area contributed by atoms with E-state index in [2.05, 4.69) is 219 Å². The third kappa shape index (κ3) is 6.67. The van der Waals surface area contributed by atoms with Gasteiger partial charge in [-0.25, -0.2) is 4.98 Å². The van der Waals surface area contributed by atoms with Crippen LogP contribution >= 0.6 is 0 Å². The van der Waals surface area contributed by atoms with Gasteiger partial charge in [-0.1, -0.05) is 212 Å². The Morgan fingerprint density at radius 1 is 0.277 bits per heavy atom. The van der Waals surface area contributed by atoms with Gasteiger partial charge in [-0.2, -0.15) is 0 Å². The number of rotatable bonds is 7. The topological polar surface area (TPSA) is 25.8 Å². The van der Waals surface area contributed by atoms with Crippen LogP contribution in [0.5, 0.6) is 0 Å². The number of nitrogens with zero attached hydrogens (tertiary/aromatic N) is 2. The molecule has 10 aromatic carbocycles. The van der Waals surface area contributed by atoms with Crippen molar-refractivity contribution in [2.45, 2.75) is 6.92 Å².